The van der Waals surface area contributed by atoms with Gasteiger partial charge in [-0.15, -0.1) is 0 Å². The van der Waals surface area contributed by atoms with E-state index in [0.29, 0.717) is 11.3 Å². The first-order valence-electron chi connectivity index (χ1n) is 5.81. The van der Waals surface area contributed by atoms with Crippen LogP contribution in [0.2, 0.25) is 0 Å². The van der Waals surface area contributed by atoms with Crippen molar-refractivity contribution in [1.29, 1.82) is 0 Å². The fourth-order valence-electron chi connectivity index (χ4n) is 1.76. The maximum Gasteiger partial charge on any atom is 0.379 e. The molecule has 0 aliphatic carbocycles. The molecule has 0 saturated heterocycles. The number of ether oxygens (including phenoxy) is 2. The van der Waals surface area contributed by atoms with Crippen LogP contribution in [-0.4, -0.2) is 30.5 Å². The van der Waals surface area contributed by atoms with Gasteiger partial charge >= 0.3 is 5.97 Å². The topological polar surface area (TPSA) is 65.5 Å². The van der Waals surface area contributed by atoms with Crippen molar-refractivity contribution in [2.75, 3.05) is 13.7 Å². The molecule has 0 spiro atoms. The Morgan fingerprint density at radius 2 is 2.05 bits per heavy atom. The number of Topliss-reactive ketones (excluding diaryl/α,β-unsaturated/α-hetero) is 1. The van der Waals surface area contributed by atoms with Gasteiger partial charge in [-0.2, -0.15) is 0 Å². The molecule has 0 aliphatic heterocycles. The fraction of sp³-hybridized carbons (Fsp3) is 0.214. The highest BCUT2D eigenvalue weighted by atomic mass is 16.5. The second-order valence-electron chi connectivity index (χ2n) is 3.81. The predicted octanol–water partition coefficient (Wildman–Crippen LogP) is 1.99. The Morgan fingerprint density at radius 3 is 2.74 bits per heavy atom. The van der Waals surface area contributed by atoms with Crippen LogP contribution in [0.15, 0.2) is 30.5 Å². The summed E-state index contributed by atoms with van der Waals surface area (Å²) in [4.78, 5) is 27.3. The second-order valence-corrected chi connectivity index (χ2v) is 3.81. The summed E-state index contributed by atoms with van der Waals surface area (Å²) in [6.45, 7) is 1.82. The molecule has 5 heteroatoms. The summed E-state index contributed by atoms with van der Waals surface area (Å²) in [7, 11) is 1.50. The van der Waals surface area contributed by atoms with Crippen molar-refractivity contribution in [3.8, 4) is 5.88 Å². The summed E-state index contributed by atoms with van der Waals surface area (Å²) < 4.78 is 9.82. The first kappa shape index (κ1) is 13.0. The largest absolute Gasteiger partial charge is 0.481 e. The molecule has 0 N–H and O–H groups in total. The summed E-state index contributed by atoms with van der Waals surface area (Å²) in [6, 6.07) is 6.71. The summed E-state index contributed by atoms with van der Waals surface area (Å²) in [5.74, 6) is -1.12. The standard InChI is InChI=1S/C14H13NO4/c1-3-19-14(17)12(16)10-5-4-9-6-7-15-13(18-2)11(9)8-10/h4-8H,3H2,1-2H3. The van der Waals surface area contributed by atoms with Gasteiger partial charge in [0.2, 0.25) is 5.88 Å². The molecule has 0 bridgehead atoms. The minimum atomic E-state index is -0.857. The zero-order chi connectivity index (χ0) is 13.8. The molecule has 2 rings (SSSR count). The third-order valence-corrected chi connectivity index (χ3v) is 2.65. The van der Waals surface area contributed by atoms with Gasteiger partial charge in [0.15, 0.2) is 0 Å². The van der Waals surface area contributed by atoms with Gasteiger partial charge in [-0.3, -0.25) is 4.79 Å². The van der Waals surface area contributed by atoms with E-state index in [-0.39, 0.29) is 12.2 Å². The molecule has 0 radical (unpaired) electrons. The number of ketones is 1. The minimum absolute atomic E-state index is 0.170. The maximum absolute atomic E-state index is 11.8. The number of pyridine rings is 1. The van der Waals surface area contributed by atoms with E-state index in [1.807, 2.05) is 0 Å². The van der Waals surface area contributed by atoms with E-state index in [1.54, 1.807) is 37.4 Å². The average Bonchev–Trinajstić information content (AvgIpc) is 2.45. The van der Waals surface area contributed by atoms with E-state index in [1.165, 1.54) is 7.11 Å². The molecule has 1 aromatic carbocycles. The van der Waals surface area contributed by atoms with E-state index >= 15 is 0 Å². The Kier molecular flexibility index (Phi) is 3.75. The zero-order valence-electron chi connectivity index (χ0n) is 10.7. The van der Waals surface area contributed by atoms with Crippen molar-refractivity contribution in [1.82, 2.24) is 4.98 Å². The molecule has 0 aliphatic rings. The highest BCUT2D eigenvalue weighted by molar-refractivity contribution is 6.40. The molecule has 0 fully saturated rings. The van der Waals surface area contributed by atoms with Crippen molar-refractivity contribution in [3.63, 3.8) is 0 Å². The summed E-state index contributed by atoms with van der Waals surface area (Å²) >= 11 is 0. The third-order valence-electron chi connectivity index (χ3n) is 2.65. The highest BCUT2D eigenvalue weighted by Gasteiger charge is 2.18. The SMILES string of the molecule is CCOC(=O)C(=O)c1ccc2ccnc(OC)c2c1. The van der Waals surface area contributed by atoms with Gasteiger partial charge in [0.25, 0.3) is 5.78 Å². The van der Waals surface area contributed by atoms with Gasteiger partial charge in [0.1, 0.15) is 0 Å². The second kappa shape index (κ2) is 5.48. The lowest BCUT2D eigenvalue weighted by Crippen LogP contribution is -2.17. The quantitative estimate of drug-likeness (QED) is 0.477. The molecule has 5 nitrogen and oxygen atoms in total. The average molecular weight is 259 g/mol. The molecule has 0 saturated carbocycles. The van der Waals surface area contributed by atoms with Crippen LogP contribution in [0.4, 0.5) is 0 Å². The number of aromatic nitrogens is 1. The van der Waals surface area contributed by atoms with E-state index in [9.17, 15) is 9.59 Å². The number of benzene rings is 1. The smallest absolute Gasteiger partial charge is 0.379 e. The first-order chi connectivity index (χ1) is 9.17. The Morgan fingerprint density at radius 1 is 1.26 bits per heavy atom. The zero-order valence-corrected chi connectivity index (χ0v) is 10.7. The molecule has 98 valence electrons. The normalized spacial score (nSPS) is 10.2. The predicted molar refractivity (Wildman–Crippen MR) is 69.3 cm³/mol. The van der Waals surface area contributed by atoms with Gasteiger partial charge in [-0.05, 0) is 24.4 Å². The number of hydrogen-bond acceptors (Lipinski definition) is 5. The van der Waals surface area contributed by atoms with Crippen LogP contribution < -0.4 is 4.74 Å². The molecular weight excluding hydrogens is 246 g/mol. The van der Waals surface area contributed by atoms with Crippen molar-refractivity contribution >= 4 is 22.5 Å². The van der Waals surface area contributed by atoms with Crippen molar-refractivity contribution < 1.29 is 19.1 Å². The Hall–Kier alpha value is -2.43. The summed E-state index contributed by atoms with van der Waals surface area (Å²) in [5, 5.41) is 1.56. The van der Waals surface area contributed by atoms with Crippen molar-refractivity contribution in [3.05, 3.63) is 36.0 Å². The molecule has 19 heavy (non-hydrogen) atoms. The van der Waals surface area contributed by atoms with Crippen LogP contribution in [0.5, 0.6) is 5.88 Å². The van der Waals surface area contributed by atoms with E-state index in [0.717, 1.165) is 5.39 Å². The Labute approximate surface area is 110 Å². The van der Waals surface area contributed by atoms with Crippen LogP contribution in [0, 0.1) is 0 Å². The van der Waals surface area contributed by atoms with Gasteiger partial charge < -0.3 is 9.47 Å². The number of rotatable bonds is 4. The lowest BCUT2D eigenvalue weighted by Gasteiger charge is -2.06. The van der Waals surface area contributed by atoms with Gasteiger partial charge in [0, 0.05) is 17.1 Å². The van der Waals surface area contributed by atoms with Gasteiger partial charge in [-0.1, -0.05) is 12.1 Å². The number of carbonyl (C=O) groups is 2. The number of esters is 1. The minimum Gasteiger partial charge on any atom is -0.481 e. The Bertz CT molecular complexity index is 636. The lowest BCUT2D eigenvalue weighted by molar-refractivity contribution is -0.137. The van der Waals surface area contributed by atoms with Crippen LogP contribution in [0.25, 0.3) is 10.8 Å². The maximum atomic E-state index is 11.8. The molecule has 0 unspecified atom stereocenters. The van der Waals surface area contributed by atoms with Crippen LogP contribution in [0.3, 0.4) is 0 Å². The number of nitrogens with zero attached hydrogens (tertiary/aromatic N) is 1. The number of carbonyl (C=O) groups excluding carboxylic acids is 2. The van der Waals surface area contributed by atoms with E-state index in [4.69, 9.17) is 9.47 Å². The lowest BCUT2D eigenvalue weighted by atomic mass is 10.1. The number of methoxy groups -OCH3 is 1. The van der Waals surface area contributed by atoms with Crippen molar-refractivity contribution in [2.24, 2.45) is 0 Å². The monoisotopic (exact) mass is 259 g/mol. The highest BCUT2D eigenvalue weighted by Crippen LogP contribution is 2.24. The summed E-state index contributed by atoms with van der Waals surface area (Å²) in [6.07, 6.45) is 1.62. The molecule has 1 aromatic heterocycles. The first-order valence-corrected chi connectivity index (χ1v) is 5.81. The number of hydrogen-bond donors (Lipinski definition) is 0. The van der Waals surface area contributed by atoms with E-state index in [2.05, 4.69) is 4.98 Å². The van der Waals surface area contributed by atoms with Crippen LogP contribution in [-0.2, 0) is 9.53 Å². The molecule has 1 heterocycles. The van der Waals surface area contributed by atoms with Crippen LogP contribution >= 0.6 is 0 Å². The Balaban J connectivity index is 2.46. The third kappa shape index (κ3) is 2.54. The van der Waals surface area contributed by atoms with E-state index < -0.39 is 11.8 Å². The number of fused-ring (bicyclic) bond motifs is 1. The molecule has 2 aromatic rings. The molecular formula is C14H13NO4. The van der Waals surface area contributed by atoms with Crippen LogP contribution in [0.1, 0.15) is 17.3 Å². The molecule has 0 atom stereocenters. The van der Waals surface area contributed by atoms with Gasteiger partial charge in [-0.25, -0.2) is 9.78 Å². The fourth-order valence-corrected chi connectivity index (χ4v) is 1.76. The van der Waals surface area contributed by atoms with Gasteiger partial charge in [0.05, 0.1) is 13.7 Å². The molecule has 0 amide bonds. The van der Waals surface area contributed by atoms with Crippen molar-refractivity contribution in [2.45, 2.75) is 6.92 Å². The summed E-state index contributed by atoms with van der Waals surface area (Å²) in [5.41, 5.74) is 0.261.